The van der Waals surface area contributed by atoms with E-state index in [4.69, 9.17) is 5.73 Å². The highest BCUT2D eigenvalue weighted by Gasteiger charge is 2.19. The van der Waals surface area contributed by atoms with Crippen LogP contribution >= 0.6 is 0 Å². The van der Waals surface area contributed by atoms with Crippen molar-refractivity contribution in [3.8, 4) is 11.3 Å². The number of carbonyl (C=O) groups is 2. The number of nitrogens with zero attached hydrogens (tertiary/aromatic N) is 2. The summed E-state index contributed by atoms with van der Waals surface area (Å²) in [7, 11) is 1.49. The predicted octanol–water partition coefficient (Wildman–Crippen LogP) is 2.60. The first-order valence-electron chi connectivity index (χ1n) is 7.65. The largest absolute Gasteiger partial charge is 0.368 e. The van der Waals surface area contributed by atoms with Crippen LogP contribution in [0.25, 0.3) is 22.2 Å². The molecule has 0 unspecified atom stereocenters. The molecule has 0 saturated heterocycles. The number of likely N-dealkylation sites (N-methyl/N-ethyl adjacent to an activating group) is 1. The second-order valence-electron chi connectivity index (χ2n) is 5.71. The average molecular weight is 337 g/mol. The van der Waals surface area contributed by atoms with E-state index in [-0.39, 0.29) is 12.5 Å². The van der Waals surface area contributed by atoms with Gasteiger partial charge in [-0.25, -0.2) is 9.37 Å². The van der Waals surface area contributed by atoms with E-state index in [9.17, 15) is 14.0 Å². The Morgan fingerprint density at radius 1 is 1.12 bits per heavy atom. The van der Waals surface area contributed by atoms with Crippen molar-refractivity contribution < 1.29 is 14.0 Å². The lowest BCUT2D eigenvalue weighted by atomic mass is 10.0. The normalized spacial score (nSPS) is 10.6. The number of pyridine rings is 1. The van der Waals surface area contributed by atoms with E-state index >= 15 is 0 Å². The Kier molecular flexibility index (Phi) is 4.43. The minimum absolute atomic E-state index is 0.204. The fourth-order valence-corrected chi connectivity index (χ4v) is 2.65. The van der Waals surface area contributed by atoms with Crippen LogP contribution in [-0.4, -0.2) is 35.3 Å². The molecular weight excluding hydrogens is 321 g/mol. The summed E-state index contributed by atoms with van der Waals surface area (Å²) >= 11 is 0. The van der Waals surface area contributed by atoms with Gasteiger partial charge in [0, 0.05) is 24.1 Å². The van der Waals surface area contributed by atoms with Crippen LogP contribution < -0.4 is 5.73 Å². The van der Waals surface area contributed by atoms with Gasteiger partial charge in [-0.3, -0.25) is 9.59 Å². The molecule has 0 aliphatic heterocycles. The Morgan fingerprint density at radius 2 is 1.84 bits per heavy atom. The summed E-state index contributed by atoms with van der Waals surface area (Å²) in [5.74, 6) is -1.42. The highest BCUT2D eigenvalue weighted by Crippen LogP contribution is 2.26. The smallest absolute Gasteiger partial charge is 0.254 e. The number of benzene rings is 2. The van der Waals surface area contributed by atoms with Gasteiger partial charge in [0.15, 0.2) is 0 Å². The fourth-order valence-electron chi connectivity index (χ4n) is 2.65. The molecule has 126 valence electrons. The molecule has 5 nitrogen and oxygen atoms in total. The Labute approximate surface area is 143 Å². The number of hydrogen-bond acceptors (Lipinski definition) is 3. The van der Waals surface area contributed by atoms with Crippen LogP contribution in [0.4, 0.5) is 4.39 Å². The van der Waals surface area contributed by atoms with Crippen molar-refractivity contribution in [2.24, 2.45) is 5.73 Å². The van der Waals surface area contributed by atoms with Crippen molar-refractivity contribution in [3.63, 3.8) is 0 Å². The van der Waals surface area contributed by atoms with Crippen molar-refractivity contribution in [2.45, 2.75) is 0 Å². The SMILES string of the molecule is CN(CC(N)=O)C(=O)c1cc(-c2ccccc2)nc2cc(F)ccc12. The van der Waals surface area contributed by atoms with Gasteiger partial charge in [0.05, 0.1) is 23.3 Å². The van der Waals surface area contributed by atoms with Gasteiger partial charge in [-0.1, -0.05) is 30.3 Å². The number of halogens is 1. The highest BCUT2D eigenvalue weighted by atomic mass is 19.1. The van der Waals surface area contributed by atoms with Crippen LogP contribution in [-0.2, 0) is 4.79 Å². The Hall–Kier alpha value is -3.28. The van der Waals surface area contributed by atoms with Crippen molar-refractivity contribution in [1.82, 2.24) is 9.88 Å². The molecule has 0 radical (unpaired) electrons. The Balaban J connectivity index is 2.18. The maximum Gasteiger partial charge on any atom is 0.254 e. The van der Waals surface area contributed by atoms with Gasteiger partial charge in [-0.15, -0.1) is 0 Å². The zero-order chi connectivity index (χ0) is 18.0. The number of aromatic nitrogens is 1. The number of hydrogen-bond donors (Lipinski definition) is 1. The van der Waals surface area contributed by atoms with E-state index in [1.54, 1.807) is 6.07 Å². The van der Waals surface area contributed by atoms with Crippen LogP contribution in [0.1, 0.15) is 10.4 Å². The second-order valence-corrected chi connectivity index (χ2v) is 5.71. The molecule has 0 bridgehead atoms. The van der Waals surface area contributed by atoms with E-state index < -0.39 is 11.7 Å². The van der Waals surface area contributed by atoms with Crippen LogP contribution in [0.5, 0.6) is 0 Å². The molecule has 3 aromatic rings. The first kappa shape index (κ1) is 16.6. The average Bonchev–Trinajstić information content (AvgIpc) is 2.60. The number of nitrogens with two attached hydrogens (primary N) is 1. The lowest BCUT2D eigenvalue weighted by Gasteiger charge is -2.17. The summed E-state index contributed by atoms with van der Waals surface area (Å²) in [6, 6.07) is 15.0. The van der Waals surface area contributed by atoms with E-state index in [0.29, 0.717) is 22.2 Å². The van der Waals surface area contributed by atoms with Crippen molar-refractivity contribution in [2.75, 3.05) is 13.6 Å². The van der Waals surface area contributed by atoms with Crippen LogP contribution in [0, 0.1) is 5.82 Å². The summed E-state index contributed by atoms with van der Waals surface area (Å²) in [4.78, 5) is 29.6. The molecule has 1 heterocycles. The lowest BCUT2D eigenvalue weighted by molar-refractivity contribution is -0.118. The topological polar surface area (TPSA) is 76.3 Å². The maximum atomic E-state index is 13.6. The van der Waals surface area contributed by atoms with Gasteiger partial charge >= 0.3 is 0 Å². The maximum absolute atomic E-state index is 13.6. The van der Waals surface area contributed by atoms with Crippen LogP contribution in [0.2, 0.25) is 0 Å². The van der Waals surface area contributed by atoms with E-state index in [2.05, 4.69) is 4.98 Å². The molecule has 0 aliphatic rings. The molecule has 0 aliphatic carbocycles. The molecule has 0 saturated carbocycles. The van der Waals surface area contributed by atoms with Crippen LogP contribution in [0.3, 0.4) is 0 Å². The van der Waals surface area contributed by atoms with Gasteiger partial charge in [-0.05, 0) is 18.2 Å². The number of fused-ring (bicyclic) bond motifs is 1. The number of rotatable bonds is 4. The van der Waals surface area contributed by atoms with E-state index in [1.165, 1.54) is 30.1 Å². The molecule has 2 amide bonds. The van der Waals surface area contributed by atoms with E-state index in [0.717, 1.165) is 5.56 Å². The first-order valence-corrected chi connectivity index (χ1v) is 7.65. The fraction of sp³-hybridized carbons (Fsp3) is 0.105. The number of amides is 2. The molecule has 0 atom stereocenters. The molecule has 25 heavy (non-hydrogen) atoms. The minimum atomic E-state index is -0.608. The van der Waals surface area contributed by atoms with Gasteiger partial charge in [-0.2, -0.15) is 0 Å². The van der Waals surface area contributed by atoms with Gasteiger partial charge in [0.25, 0.3) is 5.91 Å². The summed E-state index contributed by atoms with van der Waals surface area (Å²) in [5.41, 5.74) is 7.24. The van der Waals surface area contributed by atoms with Gasteiger partial charge in [0.2, 0.25) is 5.91 Å². The van der Waals surface area contributed by atoms with Crippen molar-refractivity contribution >= 4 is 22.7 Å². The highest BCUT2D eigenvalue weighted by molar-refractivity contribution is 6.07. The Bertz CT molecular complexity index is 958. The molecular formula is C19H16FN3O2. The van der Waals surface area contributed by atoms with Crippen molar-refractivity contribution in [3.05, 3.63) is 66.0 Å². The standard InChI is InChI=1S/C19H16FN3O2/c1-23(11-18(21)24)19(25)15-10-16(12-5-3-2-4-6-12)22-17-9-13(20)7-8-14(15)17/h2-10H,11H2,1H3,(H2,21,24). The van der Waals surface area contributed by atoms with E-state index in [1.807, 2.05) is 30.3 Å². The predicted molar refractivity (Wildman–Crippen MR) is 93.3 cm³/mol. The third kappa shape index (κ3) is 3.47. The lowest BCUT2D eigenvalue weighted by Crippen LogP contribution is -2.35. The third-order valence-electron chi connectivity index (χ3n) is 3.81. The molecule has 0 fully saturated rings. The van der Waals surface area contributed by atoms with Gasteiger partial charge in [0.1, 0.15) is 5.82 Å². The molecule has 6 heteroatoms. The molecule has 2 aromatic carbocycles. The third-order valence-corrected chi connectivity index (χ3v) is 3.81. The van der Waals surface area contributed by atoms with Crippen molar-refractivity contribution in [1.29, 1.82) is 0 Å². The molecule has 3 rings (SSSR count). The summed E-state index contributed by atoms with van der Waals surface area (Å²) in [6.07, 6.45) is 0. The van der Waals surface area contributed by atoms with Crippen LogP contribution in [0.15, 0.2) is 54.6 Å². The molecule has 2 N–H and O–H groups in total. The zero-order valence-corrected chi connectivity index (χ0v) is 13.6. The minimum Gasteiger partial charge on any atom is -0.368 e. The molecule has 1 aromatic heterocycles. The zero-order valence-electron chi connectivity index (χ0n) is 13.6. The number of primary amides is 1. The summed E-state index contributed by atoms with van der Waals surface area (Å²) < 4.78 is 13.6. The molecule has 0 spiro atoms. The Morgan fingerprint density at radius 3 is 2.52 bits per heavy atom. The second kappa shape index (κ2) is 6.68. The summed E-state index contributed by atoms with van der Waals surface area (Å²) in [5, 5.41) is 0.516. The monoisotopic (exact) mass is 337 g/mol. The number of carbonyl (C=O) groups excluding carboxylic acids is 2. The summed E-state index contributed by atoms with van der Waals surface area (Å²) in [6.45, 7) is -0.204. The first-order chi connectivity index (χ1) is 12.0. The quantitative estimate of drug-likeness (QED) is 0.795. The van der Waals surface area contributed by atoms with Gasteiger partial charge < -0.3 is 10.6 Å².